The maximum absolute atomic E-state index is 13.9. The average molecular weight is 514 g/mol. The van der Waals surface area contributed by atoms with E-state index in [4.69, 9.17) is 18.9 Å². The van der Waals surface area contributed by atoms with Gasteiger partial charge in [0.05, 0.1) is 6.10 Å². The van der Waals surface area contributed by atoms with Crippen LogP contribution in [-0.4, -0.2) is 80.6 Å². The van der Waals surface area contributed by atoms with Gasteiger partial charge in [-0.15, -0.1) is 0 Å². The smallest absolute Gasteiger partial charge is 0.262 e. The summed E-state index contributed by atoms with van der Waals surface area (Å²) in [5.74, 6) is 1.19. The predicted molar refractivity (Wildman–Crippen MR) is 136 cm³/mol. The molecule has 200 valence electrons. The lowest BCUT2D eigenvalue weighted by atomic mass is 10.1. The highest BCUT2D eigenvalue weighted by Gasteiger charge is 2.28. The number of carbonyl (C=O) groups is 1. The fourth-order valence-corrected chi connectivity index (χ4v) is 5.15. The van der Waals surface area contributed by atoms with Gasteiger partial charge < -0.3 is 29.2 Å². The molecule has 3 aliphatic rings. The van der Waals surface area contributed by atoms with Crippen LogP contribution in [0.2, 0.25) is 0 Å². The van der Waals surface area contributed by atoms with Crippen LogP contribution in [0.5, 0.6) is 17.2 Å². The van der Waals surface area contributed by atoms with Crippen molar-refractivity contribution in [1.29, 1.82) is 0 Å². The summed E-state index contributed by atoms with van der Waals surface area (Å²) in [5.41, 5.74) is 1.04. The minimum atomic E-state index is -0.809. The van der Waals surface area contributed by atoms with Crippen molar-refractivity contribution in [2.24, 2.45) is 0 Å². The summed E-state index contributed by atoms with van der Waals surface area (Å²) >= 11 is 0. The normalized spacial score (nSPS) is 19.9. The number of likely N-dealkylation sites (tertiary alicyclic amines) is 1. The fraction of sp³-hybridized carbons (Fsp3) is 0.536. The summed E-state index contributed by atoms with van der Waals surface area (Å²) < 4.78 is 36.9. The van der Waals surface area contributed by atoms with Crippen LogP contribution in [0.25, 0.3) is 0 Å². The van der Waals surface area contributed by atoms with E-state index in [0.29, 0.717) is 31.9 Å². The Morgan fingerprint density at radius 3 is 2.81 bits per heavy atom. The molecule has 9 heteroatoms. The third kappa shape index (κ3) is 7.34. The number of rotatable bonds is 12. The quantitative estimate of drug-likeness (QED) is 0.467. The Kier molecular flexibility index (Phi) is 8.76. The first-order valence-corrected chi connectivity index (χ1v) is 13.3. The lowest BCUT2D eigenvalue weighted by Crippen LogP contribution is -2.48. The molecule has 0 bridgehead atoms. The number of halogens is 1. The van der Waals surface area contributed by atoms with E-state index in [-0.39, 0.29) is 18.8 Å². The van der Waals surface area contributed by atoms with Crippen molar-refractivity contribution < 1.29 is 28.1 Å². The van der Waals surface area contributed by atoms with Gasteiger partial charge in [-0.1, -0.05) is 12.1 Å². The standard InChI is InChI=1S/C28H36FN3O5/c29-22-5-3-6-23(16-22)37-27(28(33)30-10-13-31-11-1-2-12-31)19-32(18-24-7-4-14-34-24)17-21-8-9-25-26(15-21)36-20-35-25/h3,5-6,8-9,15-16,24,27H,1-2,4,7,10-14,17-20H2,(H,30,33). The Morgan fingerprint density at radius 2 is 2.00 bits per heavy atom. The van der Waals surface area contributed by atoms with E-state index in [9.17, 15) is 9.18 Å². The first-order valence-electron chi connectivity index (χ1n) is 13.3. The molecule has 0 spiro atoms. The van der Waals surface area contributed by atoms with Crippen LogP contribution < -0.4 is 19.5 Å². The van der Waals surface area contributed by atoms with E-state index in [1.165, 1.54) is 25.0 Å². The molecule has 0 aromatic heterocycles. The first-order chi connectivity index (χ1) is 18.1. The topological polar surface area (TPSA) is 72.5 Å². The number of carbonyl (C=O) groups excluding carboxylic acids is 1. The average Bonchev–Trinajstić information content (AvgIpc) is 3.67. The highest BCUT2D eigenvalue weighted by atomic mass is 19.1. The molecule has 3 aliphatic heterocycles. The van der Waals surface area contributed by atoms with Gasteiger partial charge in [-0.25, -0.2) is 4.39 Å². The second-order valence-electron chi connectivity index (χ2n) is 9.92. The van der Waals surface area contributed by atoms with E-state index in [0.717, 1.165) is 56.1 Å². The fourth-order valence-electron chi connectivity index (χ4n) is 5.15. The number of amides is 1. The zero-order chi connectivity index (χ0) is 25.5. The number of nitrogens with one attached hydrogen (secondary N) is 1. The number of benzene rings is 2. The van der Waals surface area contributed by atoms with Gasteiger partial charge in [0.1, 0.15) is 11.6 Å². The summed E-state index contributed by atoms with van der Waals surface area (Å²) in [4.78, 5) is 17.9. The van der Waals surface area contributed by atoms with Crippen LogP contribution in [0.3, 0.4) is 0 Å². The van der Waals surface area contributed by atoms with Crippen LogP contribution in [0.4, 0.5) is 4.39 Å². The van der Waals surface area contributed by atoms with Crippen molar-refractivity contribution in [3.8, 4) is 17.2 Å². The molecule has 0 radical (unpaired) electrons. The van der Waals surface area contributed by atoms with Gasteiger partial charge in [0.15, 0.2) is 17.6 Å². The van der Waals surface area contributed by atoms with Crippen molar-refractivity contribution in [3.63, 3.8) is 0 Å². The number of ether oxygens (including phenoxy) is 4. The minimum absolute atomic E-state index is 0.0991. The molecular weight excluding hydrogens is 477 g/mol. The Morgan fingerprint density at radius 1 is 1.14 bits per heavy atom. The highest BCUT2D eigenvalue weighted by Crippen LogP contribution is 2.33. The molecule has 2 fully saturated rings. The van der Waals surface area contributed by atoms with Crippen LogP contribution in [0.1, 0.15) is 31.2 Å². The number of hydrogen-bond acceptors (Lipinski definition) is 7. The summed E-state index contributed by atoms with van der Waals surface area (Å²) in [6, 6.07) is 11.8. The Hall–Kier alpha value is -2.88. The Bertz CT molecular complexity index is 1040. The third-order valence-electron chi connectivity index (χ3n) is 7.05. The van der Waals surface area contributed by atoms with Crippen molar-refractivity contribution in [2.75, 3.05) is 52.7 Å². The van der Waals surface area contributed by atoms with E-state index >= 15 is 0 Å². The van der Waals surface area contributed by atoms with E-state index in [2.05, 4.69) is 15.1 Å². The maximum atomic E-state index is 13.9. The molecule has 8 nitrogen and oxygen atoms in total. The van der Waals surface area contributed by atoms with Gasteiger partial charge in [0, 0.05) is 45.4 Å². The van der Waals surface area contributed by atoms with Crippen molar-refractivity contribution in [3.05, 3.63) is 53.8 Å². The van der Waals surface area contributed by atoms with Crippen molar-refractivity contribution in [2.45, 2.75) is 44.4 Å². The van der Waals surface area contributed by atoms with Crippen LogP contribution >= 0.6 is 0 Å². The molecule has 2 unspecified atom stereocenters. The van der Waals surface area contributed by atoms with E-state index in [1.807, 2.05) is 18.2 Å². The summed E-state index contributed by atoms with van der Waals surface area (Å²) in [6.07, 6.45) is 3.71. The van der Waals surface area contributed by atoms with Gasteiger partial charge in [0.2, 0.25) is 6.79 Å². The maximum Gasteiger partial charge on any atom is 0.262 e. The number of nitrogens with zero attached hydrogens (tertiary/aromatic N) is 2. The summed E-state index contributed by atoms with van der Waals surface area (Å²) in [5, 5.41) is 3.05. The van der Waals surface area contributed by atoms with Crippen molar-refractivity contribution in [1.82, 2.24) is 15.1 Å². The molecule has 3 heterocycles. The van der Waals surface area contributed by atoms with Crippen LogP contribution in [-0.2, 0) is 16.1 Å². The lowest BCUT2D eigenvalue weighted by Gasteiger charge is -2.29. The third-order valence-corrected chi connectivity index (χ3v) is 7.05. The predicted octanol–water partition coefficient (Wildman–Crippen LogP) is 3.20. The SMILES string of the molecule is O=C(NCCN1CCCC1)C(CN(Cc1ccc2c(c1)OCO2)CC1CCCO1)Oc1cccc(F)c1. The van der Waals surface area contributed by atoms with Gasteiger partial charge >= 0.3 is 0 Å². The molecule has 2 aromatic carbocycles. The molecule has 2 atom stereocenters. The van der Waals surface area contributed by atoms with Gasteiger partial charge in [-0.05, 0) is 68.6 Å². The van der Waals surface area contributed by atoms with Gasteiger partial charge in [-0.2, -0.15) is 0 Å². The molecule has 0 aliphatic carbocycles. The van der Waals surface area contributed by atoms with Crippen LogP contribution in [0, 0.1) is 5.82 Å². The first kappa shape index (κ1) is 25.8. The molecular formula is C28H36FN3O5. The van der Waals surface area contributed by atoms with E-state index in [1.54, 1.807) is 12.1 Å². The lowest BCUT2D eigenvalue weighted by molar-refractivity contribution is -0.129. The molecule has 0 saturated carbocycles. The van der Waals surface area contributed by atoms with Crippen LogP contribution in [0.15, 0.2) is 42.5 Å². The highest BCUT2D eigenvalue weighted by molar-refractivity contribution is 5.81. The number of hydrogen-bond donors (Lipinski definition) is 1. The summed E-state index contributed by atoms with van der Waals surface area (Å²) in [7, 11) is 0. The second kappa shape index (κ2) is 12.6. The molecule has 37 heavy (non-hydrogen) atoms. The van der Waals surface area contributed by atoms with E-state index < -0.39 is 11.9 Å². The molecule has 5 rings (SSSR count). The zero-order valence-electron chi connectivity index (χ0n) is 21.2. The summed E-state index contributed by atoms with van der Waals surface area (Å²) in [6.45, 7) is 6.07. The van der Waals surface area contributed by atoms with Crippen molar-refractivity contribution >= 4 is 5.91 Å². The monoisotopic (exact) mass is 513 g/mol. The number of fused-ring (bicyclic) bond motifs is 1. The minimum Gasteiger partial charge on any atom is -0.479 e. The Balaban J connectivity index is 1.29. The largest absolute Gasteiger partial charge is 0.479 e. The molecule has 1 amide bonds. The molecule has 1 N–H and O–H groups in total. The van der Waals surface area contributed by atoms with Gasteiger partial charge in [0.25, 0.3) is 5.91 Å². The Labute approximate surface area is 217 Å². The zero-order valence-corrected chi connectivity index (χ0v) is 21.2. The van der Waals surface area contributed by atoms with Gasteiger partial charge in [-0.3, -0.25) is 9.69 Å². The molecule has 2 saturated heterocycles. The molecule has 2 aromatic rings. The second-order valence-corrected chi connectivity index (χ2v) is 9.92.